The number of halogens is 1. The molecule has 0 aliphatic heterocycles. The molecule has 0 radical (unpaired) electrons. The number of nitrogens with two attached hydrogens (primary N) is 1. The van der Waals surface area contributed by atoms with Crippen molar-refractivity contribution in [3.8, 4) is 11.1 Å². The van der Waals surface area contributed by atoms with E-state index >= 15 is 0 Å². The van der Waals surface area contributed by atoms with E-state index < -0.39 is 11.8 Å². The monoisotopic (exact) mass is 249 g/mol. The maximum absolute atomic E-state index is 13.8. The molecule has 0 aliphatic rings. The lowest BCUT2D eigenvalue weighted by Crippen LogP contribution is -2.04. The van der Waals surface area contributed by atoms with Crippen LogP contribution in [0.2, 0.25) is 0 Å². The minimum Gasteiger partial charge on any atom is -0.464 e. The van der Waals surface area contributed by atoms with Crippen LogP contribution in [0.15, 0.2) is 24.3 Å². The topological polar surface area (TPSA) is 70.1 Å². The number of esters is 1. The molecule has 2 N–H and O–H groups in total. The number of anilines is 1. The summed E-state index contributed by atoms with van der Waals surface area (Å²) in [5.41, 5.74) is 6.30. The minimum absolute atomic E-state index is 0.00241. The summed E-state index contributed by atoms with van der Waals surface area (Å²) >= 11 is 0. The highest BCUT2D eigenvalue weighted by Crippen LogP contribution is 2.31. The molecule has 2 aromatic rings. The van der Waals surface area contributed by atoms with Gasteiger partial charge in [-0.05, 0) is 6.07 Å². The molecule has 1 aromatic heterocycles. The molecule has 6 heteroatoms. The molecule has 18 heavy (non-hydrogen) atoms. The summed E-state index contributed by atoms with van der Waals surface area (Å²) in [4.78, 5) is 11.6. The van der Waals surface area contributed by atoms with E-state index in [1.165, 1.54) is 23.9 Å². The van der Waals surface area contributed by atoms with Gasteiger partial charge in [0, 0.05) is 12.6 Å². The number of nitrogens with zero attached hydrogens (tertiary/aromatic N) is 2. The molecule has 1 heterocycles. The van der Waals surface area contributed by atoms with E-state index in [-0.39, 0.29) is 22.6 Å². The van der Waals surface area contributed by atoms with Gasteiger partial charge in [-0.2, -0.15) is 5.10 Å². The van der Waals surface area contributed by atoms with E-state index in [9.17, 15) is 9.18 Å². The Hall–Kier alpha value is -2.37. The summed E-state index contributed by atoms with van der Waals surface area (Å²) in [6.07, 6.45) is 0. The van der Waals surface area contributed by atoms with Gasteiger partial charge in [0.1, 0.15) is 11.6 Å². The van der Waals surface area contributed by atoms with Crippen LogP contribution < -0.4 is 5.73 Å². The van der Waals surface area contributed by atoms with Crippen LogP contribution in [0, 0.1) is 5.82 Å². The average Bonchev–Trinajstić information content (AvgIpc) is 2.66. The number of benzene rings is 1. The smallest absolute Gasteiger partial charge is 0.359 e. The van der Waals surface area contributed by atoms with Crippen molar-refractivity contribution in [2.24, 2.45) is 7.05 Å². The number of ether oxygens (including phenoxy) is 1. The van der Waals surface area contributed by atoms with Crippen LogP contribution in [-0.2, 0) is 11.8 Å². The van der Waals surface area contributed by atoms with Crippen LogP contribution in [0.25, 0.3) is 11.1 Å². The molecule has 0 saturated heterocycles. The molecular formula is C12H12FN3O2. The fourth-order valence-electron chi connectivity index (χ4n) is 1.71. The number of nitrogen functional groups attached to an aromatic ring is 1. The number of hydrogen-bond acceptors (Lipinski definition) is 4. The first-order valence-electron chi connectivity index (χ1n) is 5.22. The molecule has 0 bridgehead atoms. The summed E-state index contributed by atoms with van der Waals surface area (Å²) in [5.74, 6) is -0.914. The minimum atomic E-state index is -0.652. The summed E-state index contributed by atoms with van der Waals surface area (Å²) in [6, 6.07) is 6.05. The highest BCUT2D eigenvalue weighted by atomic mass is 19.1. The van der Waals surface area contributed by atoms with Crippen molar-refractivity contribution in [3.05, 3.63) is 35.8 Å². The van der Waals surface area contributed by atoms with E-state index in [1.54, 1.807) is 19.2 Å². The van der Waals surface area contributed by atoms with Crippen LogP contribution in [0.1, 0.15) is 10.5 Å². The number of hydrogen-bond donors (Lipinski definition) is 1. The Morgan fingerprint density at radius 3 is 2.72 bits per heavy atom. The second-order valence-corrected chi connectivity index (χ2v) is 3.70. The maximum Gasteiger partial charge on any atom is 0.359 e. The van der Waals surface area contributed by atoms with Crippen LogP contribution in [0.3, 0.4) is 0 Å². The summed E-state index contributed by atoms with van der Waals surface area (Å²) in [7, 11) is 2.81. The number of rotatable bonds is 2. The Kier molecular flexibility index (Phi) is 3.01. The SMILES string of the molecule is COC(=O)c1nn(C)c(N)c1-c1ccccc1F. The summed E-state index contributed by atoms with van der Waals surface area (Å²) in [5, 5.41) is 3.95. The lowest BCUT2D eigenvalue weighted by atomic mass is 10.0. The zero-order valence-corrected chi connectivity index (χ0v) is 9.98. The van der Waals surface area contributed by atoms with Crippen molar-refractivity contribution < 1.29 is 13.9 Å². The quantitative estimate of drug-likeness (QED) is 0.820. The Morgan fingerprint density at radius 1 is 1.44 bits per heavy atom. The normalized spacial score (nSPS) is 10.4. The van der Waals surface area contributed by atoms with Gasteiger partial charge in [0.05, 0.1) is 12.7 Å². The zero-order chi connectivity index (χ0) is 13.3. The number of carbonyl (C=O) groups excluding carboxylic acids is 1. The zero-order valence-electron chi connectivity index (χ0n) is 9.98. The fraction of sp³-hybridized carbons (Fsp3) is 0.167. The molecule has 0 aliphatic carbocycles. The molecule has 0 spiro atoms. The Labute approximate surface area is 103 Å². The molecule has 1 aromatic carbocycles. The van der Waals surface area contributed by atoms with Crippen molar-refractivity contribution in [2.45, 2.75) is 0 Å². The largest absolute Gasteiger partial charge is 0.464 e. The third kappa shape index (κ3) is 1.81. The molecular weight excluding hydrogens is 237 g/mol. The van der Waals surface area contributed by atoms with Crippen molar-refractivity contribution >= 4 is 11.8 Å². The van der Waals surface area contributed by atoms with Gasteiger partial charge in [-0.15, -0.1) is 0 Å². The predicted octanol–water partition coefficient (Wildman–Crippen LogP) is 1.59. The van der Waals surface area contributed by atoms with E-state index in [4.69, 9.17) is 5.73 Å². The molecule has 0 unspecified atom stereocenters. The molecule has 0 amide bonds. The van der Waals surface area contributed by atoms with Crippen molar-refractivity contribution in [3.63, 3.8) is 0 Å². The van der Waals surface area contributed by atoms with Crippen molar-refractivity contribution in [2.75, 3.05) is 12.8 Å². The Morgan fingerprint density at radius 2 is 2.11 bits per heavy atom. The van der Waals surface area contributed by atoms with Gasteiger partial charge in [-0.3, -0.25) is 4.68 Å². The first-order chi connectivity index (χ1) is 8.56. The van der Waals surface area contributed by atoms with Crippen LogP contribution in [0.4, 0.5) is 10.2 Å². The summed E-state index contributed by atoms with van der Waals surface area (Å²) in [6.45, 7) is 0. The van der Waals surface area contributed by atoms with Crippen molar-refractivity contribution in [1.82, 2.24) is 9.78 Å². The fourth-order valence-corrected chi connectivity index (χ4v) is 1.71. The summed E-state index contributed by atoms with van der Waals surface area (Å²) < 4.78 is 19.7. The predicted molar refractivity (Wildman–Crippen MR) is 64.4 cm³/mol. The Bertz CT molecular complexity index is 607. The van der Waals surface area contributed by atoms with Gasteiger partial charge >= 0.3 is 5.97 Å². The first-order valence-corrected chi connectivity index (χ1v) is 5.22. The van der Waals surface area contributed by atoms with Gasteiger partial charge in [0.25, 0.3) is 0 Å². The third-order valence-electron chi connectivity index (χ3n) is 2.61. The van der Waals surface area contributed by atoms with Gasteiger partial charge in [0.2, 0.25) is 0 Å². The lowest BCUT2D eigenvalue weighted by molar-refractivity contribution is 0.0594. The van der Waals surface area contributed by atoms with Crippen LogP contribution in [0.5, 0.6) is 0 Å². The van der Waals surface area contributed by atoms with Gasteiger partial charge in [-0.1, -0.05) is 18.2 Å². The van der Waals surface area contributed by atoms with Gasteiger partial charge < -0.3 is 10.5 Å². The number of aromatic nitrogens is 2. The van der Waals surface area contributed by atoms with Crippen LogP contribution in [-0.4, -0.2) is 22.9 Å². The second-order valence-electron chi connectivity index (χ2n) is 3.70. The molecule has 5 nitrogen and oxygen atoms in total. The van der Waals surface area contributed by atoms with E-state index in [2.05, 4.69) is 9.84 Å². The van der Waals surface area contributed by atoms with Crippen molar-refractivity contribution in [1.29, 1.82) is 0 Å². The molecule has 94 valence electrons. The molecule has 0 fully saturated rings. The van der Waals surface area contributed by atoms with Gasteiger partial charge in [0.15, 0.2) is 5.69 Å². The maximum atomic E-state index is 13.8. The highest BCUT2D eigenvalue weighted by molar-refractivity contribution is 5.98. The van der Waals surface area contributed by atoms with E-state index in [1.807, 2.05) is 0 Å². The number of carbonyl (C=O) groups is 1. The van der Waals surface area contributed by atoms with Crippen LogP contribution >= 0.6 is 0 Å². The molecule has 2 rings (SSSR count). The number of aryl methyl sites for hydroxylation is 1. The first kappa shape index (κ1) is 12.1. The third-order valence-corrected chi connectivity index (χ3v) is 2.61. The highest BCUT2D eigenvalue weighted by Gasteiger charge is 2.23. The van der Waals surface area contributed by atoms with E-state index in [0.29, 0.717) is 0 Å². The number of methoxy groups -OCH3 is 1. The second kappa shape index (κ2) is 4.48. The lowest BCUT2D eigenvalue weighted by Gasteiger charge is -2.04. The van der Waals surface area contributed by atoms with Gasteiger partial charge in [-0.25, -0.2) is 9.18 Å². The van der Waals surface area contributed by atoms with E-state index in [0.717, 1.165) is 0 Å². The standard InChI is InChI=1S/C12H12FN3O2/c1-16-11(14)9(10(15-16)12(17)18-2)7-5-3-4-6-8(7)13/h3-6H,14H2,1-2H3. The Balaban J connectivity index is 2.70. The molecule has 0 atom stereocenters. The average molecular weight is 249 g/mol. The molecule has 0 saturated carbocycles.